The van der Waals surface area contributed by atoms with Crippen LogP contribution < -0.4 is 20.9 Å². The molecule has 9 heteroatoms. The number of hydrogen-bond acceptors (Lipinski definition) is 5. The van der Waals surface area contributed by atoms with E-state index in [0.29, 0.717) is 29.8 Å². The maximum atomic E-state index is 12.8. The zero-order valence-electron chi connectivity index (χ0n) is 17.2. The Morgan fingerprint density at radius 1 is 1.14 bits per heavy atom. The highest BCUT2D eigenvalue weighted by Crippen LogP contribution is 2.38. The largest absolute Gasteiger partial charge is 0.383 e. The summed E-state index contributed by atoms with van der Waals surface area (Å²) in [6.45, 7) is 1.30. The first-order valence-electron chi connectivity index (χ1n) is 10.3. The van der Waals surface area contributed by atoms with Gasteiger partial charge in [-0.2, -0.15) is 0 Å². The minimum absolute atomic E-state index is 0.0254. The number of hydrogen-bond donors (Lipinski definition) is 4. The van der Waals surface area contributed by atoms with Crippen molar-refractivity contribution in [1.29, 1.82) is 0 Å². The predicted octanol–water partition coefficient (Wildman–Crippen LogP) is -0.265. The quantitative estimate of drug-likeness (QED) is 0.390. The first-order chi connectivity index (χ1) is 14.0. The number of fused-ring (bicyclic) bond motifs is 1. The SMILES string of the molecule is COCCNC(=O)c1c(NC(=O)C[NH+](C)CC(=O)NC2CC2)sc2c1CCCC2. The molecule has 160 valence electrons. The molecule has 1 fully saturated rings. The molecule has 1 saturated carbocycles. The molecule has 1 heterocycles. The minimum Gasteiger partial charge on any atom is -0.383 e. The zero-order valence-corrected chi connectivity index (χ0v) is 18.0. The molecule has 0 saturated heterocycles. The van der Waals surface area contributed by atoms with Crippen molar-refractivity contribution in [1.82, 2.24) is 10.6 Å². The molecule has 4 N–H and O–H groups in total. The summed E-state index contributed by atoms with van der Waals surface area (Å²) in [5.41, 5.74) is 1.66. The standard InChI is InChI=1S/C20H30N4O4S/c1-24(11-16(25)22-13-7-8-13)12-17(26)23-20-18(19(27)21-9-10-28-2)14-5-3-4-6-15(14)29-20/h13H,3-12H2,1-2H3,(H,21,27)(H,22,25)(H,23,26)/p+1. The molecule has 1 unspecified atom stereocenters. The fourth-order valence-corrected chi connectivity index (χ4v) is 4.84. The van der Waals surface area contributed by atoms with Crippen molar-refractivity contribution in [2.24, 2.45) is 0 Å². The third kappa shape index (κ3) is 6.25. The number of aryl methyl sites for hydroxylation is 1. The number of amides is 3. The Hall–Kier alpha value is -1.97. The molecule has 8 nitrogen and oxygen atoms in total. The topological polar surface area (TPSA) is 101 Å². The lowest BCUT2D eigenvalue weighted by molar-refractivity contribution is -0.862. The molecule has 1 atom stereocenters. The highest BCUT2D eigenvalue weighted by atomic mass is 32.1. The van der Waals surface area contributed by atoms with Crippen molar-refractivity contribution in [2.75, 3.05) is 45.7 Å². The third-order valence-electron chi connectivity index (χ3n) is 5.11. The van der Waals surface area contributed by atoms with Gasteiger partial charge < -0.3 is 25.6 Å². The molecular formula is C20H31N4O4S+. The van der Waals surface area contributed by atoms with Crippen molar-refractivity contribution >= 4 is 34.1 Å². The van der Waals surface area contributed by atoms with Crippen LogP contribution in [0.4, 0.5) is 5.00 Å². The fourth-order valence-electron chi connectivity index (χ4n) is 3.54. The molecule has 0 radical (unpaired) electrons. The molecule has 29 heavy (non-hydrogen) atoms. The zero-order chi connectivity index (χ0) is 20.8. The van der Waals surface area contributed by atoms with Crippen molar-refractivity contribution in [2.45, 2.75) is 44.6 Å². The molecule has 1 aromatic heterocycles. The Kier molecular flexibility index (Phi) is 7.63. The maximum absolute atomic E-state index is 12.8. The van der Waals surface area contributed by atoms with Crippen molar-refractivity contribution in [3.8, 4) is 0 Å². The first kappa shape index (κ1) is 21.7. The number of likely N-dealkylation sites (N-methyl/N-ethyl adjacent to an activating group) is 1. The number of anilines is 1. The molecule has 1 aromatic rings. The summed E-state index contributed by atoms with van der Waals surface area (Å²) in [7, 11) is 3.41. The normalized spacial score (nSPS) is 16.6. The van der Waals surface area contributed by atoms with Gasteiger partial charge >= 0.3 is 0 Å². The van der Waals surface area contributed by atoms with Crippen LogP contribution in [0.2, 0.25) is 0 Å². The van der Waals surface area contributed by atoms with E-state index < -0.39 is 0 Å². The Labute approximate surface area is 175 Å². The molecule has 0 aliphatic heterocycles. The van der Waals surface area contributed by atoms with Gasteiger partial charge in [-0.15, -0.1) is 11.3 Å². The van der Waals surface area contributed by atoms with Gasteiger partial charge in [0, 0.05) is 24.6 Å². The van der Waals surface area contributed by atoms with E-state index in [4.69, 9.17) is 4.74 Å². The summed E-state index contributed by atoms with van der Waals surface area (Å²) in [5, 5.41) is 9.36. The van der Waals surface area contributed by atoms with Crippen LogP contribution in [0, 0.1) is 0 Å². The fraction of sp³-hybridized carbons (Fsp3) is 0.650. The lowest BCUT2D eigenvalue weighted by Crippen LogP contribution is -3.11. The molecular weight excluding hydrogens is 392 g/mol. The second kappa shape index (κ2) is 10.2. The van der Waals surface area contributed by atoms with E-state index in [1.165, 1.54) is 16.2 Å². The second-order valence-electron chi connectivity index (χ2n) is 7.86. The maximum Gasteiger partial charge on any atom is 0.280 e. The van der Waals surface area contributed by atoms with E-state index in [9.17, 15) is 14.4 Å². The van der Waals surface area contributed by atoms with Gasteiger partial charge in [0.15, 0.2) is 13.1 Å². The van der Waals surface area contributed by atoms with Gasteiger partial charge in [-0.3, -0.25) is 14.4 Å². The van der Waals surface area contributed by atoms with Crippen LogP contribution in [0.25, 0.3) is 0 Å². The van der Waals surface area contributed by atoms with E-state index in [1.807, 2.05) is 7.05 Å². The Bertz CT molecular complexity index is 760. The average Bonchev–Trinajstić information content (AvgIpc) is 3.39. The Balaban J connectivity index is 1.62. The number of quaternary nitrogens is 1. The van der Waals surface area contributed by atoms with Crippen molar-refractivity contribution < 1.29 is 24.0 Å². The van der Waals surface area contributed by atoms with E-state index in [0.717, 1.165) is 49.0 Å². The summed E-state index contributed by atoms with van der Waals surface area (Å²) in [6.07, 6.45) is 6.06. The number of thiophene rings is 1. The smallest absolute Gasteiger partial charge is 0.280 e. The third-order valence-corrected chi connectivity index (χ3v) is 6.32. The second-order valence-corrected chi connectivity index (χ2v) is 8.97. The number of ether oxygens (including phenoxy) is 1. The van der Waals surface area contributed by atoms with Crippen LogP contribution in [-0.4, -0.2) is 64.2 Å². The van der Waals surface area contributed by atoms with Crippen LogP contribution in [0.15, 0.2) is 0 Å². The average molecular weight is 424 g/mol. The summed E-state index contributed by atoms with van der Waals surface area (Å²) in [4.78, 5) is 39.3. The number of carbonyl (C=O) groups is 3. The highest BCUT2D eigenvalue weighted by molar-refractivity contribution is 7.17. The van der Waals surface area contributed by atoms with E-state index in [-0.39, 0.29) is 30.8 Å². The minimum atomic E-state index is -0.189. The summed E-state index contributed by atoms with van der Waals surface area (Å²) in [6, 6.07) is 0.320. The first-order valence-corrected chi connectivity index (χ1v) is 11.1. The number of rotatable bonds is 10. The van der Waals surface area contributed by atoms with Gasteiger partial charge in [0.1, 0.15) is 5.00 Å². The summed E-state index contributed by atoms with van der Waals surface area (Å²) >= 11 is 1.50. The van der Waals surface area contributed by atoms with Crippen LogP contribution in [0.5, 0.6) is 0 Å². The monoisotopic (exact) mass is 423 g/mol. The van der Waals surface area contributed by atoms with Crippen LogP contribution in [0.3, 0.4) is 0 Å². The number of methoxy groups -OCH3 is 1. The Morgan fingerprint density at radius 3 is 2.59 bits per heavy atom. The van der Waals surface area contributed by atoms with Crippen molar-refractivity contribution in [3.63, 3.8) is 0 Å². The predicted molar refractivity (Wildman–Crippen MR) is 112 cm³/mol. The van der Waals surface area contributed by atoms with Gasteiger partial charge in [0.25, 0.3) is 17.7 Å². The molecule has 2 aliphatic rings. The van der Waals surface area contributed by atoms with Crippen molar-refractivity contribution in [3.05, 3.63) is 16.0 Å². The van der Waals surface area contributed by atoms with Crippen LogP contribution >= 0.6 is 11.3 Å². The van der Waals surface area contributed by atoms with Gasteiger partial charge in [-0.05, 0) is 44.1 Å². The van der Waals surface area contributed by atoms with E-state index in [1.54, 1.807) is 7.11 Å². The number of carbonyl (C=O) groups excluding carboxylic acids is 3. The summed E-state index contributed by atoms with van der Waals surface area (Å²) < 4.78 is 5.00. The molecule has 0 bridgehead atoms. The van der Waals surface area contributed by atoms with Gasteiger partial charge in [0.05, 0.1) is 19.2 Å². The molecule has 0 aromatic carbocycles. The lowest BCUT2D eigenvalue weighted by atomic mass is 9.95. The van der Waals surface area contributed by atoms with E-state index in [2.05, 4.69) is 16.0 Å². The van der Waals surface area contributed by atoms with E-state index >= 15 is 0 Å². The van der Waals surface area contributed by atoms with Crippen LogP contribution in [-0.2, 0) is 27.2 Å². The molecule has 3 rings (SSSR count). The molecule has 2 aliphatic carbocycles. The highest BCUT2D eigenvalue weighted by Gasteiger charge is 2.28. The Morgan fingerprint density at radius 2 is 1.86 bits per heavy atom. The van der Waals surface area contributed by atoms with Gasteiger partial charge in [-0.25, -0.2) is 0 Å². The van der Waals surface area contributed by atoms with Gasteiger partial charge in [0.2, 0.25) is 0 Å². The van der Waals surface area contributed by atoms with Gasteiger partial charge in [-0.1, -0.05) is 0 Å². The van der Waals surface area contributed by atoms with Crippen LogP contribution in [0.1, 0.15) is 46.5 Å². The number of nitrogens with one attached hydrogen (secondary N) is 4. The molecule has 0 spiro atoms. The molecule has 3 amide bonds. The lowest BCUT2D eigenvalue weighted by Gasteiger charge is -2.14. The summed E-state index contributed by atoms with van der Waals surface area (Å²) in [5.74, 6) is -0.380.